The highest BCUT2D eigenvalue weighted by Crippen LogP contribution is 2.36. The summed E-state index contributed by atoms with van der Waals surface area (Å²) >= 11 is 0. The van der Waals surface area contributed by atoms with Crippen LogP contribution in [0.3, 0.4) is 0 Å². The summed E-state index contributed by atoms with van der Waals surface area (Å²) in [5.74, 6) is 1.61. The highest BCUT2D eigenvalue weighted by Gasteiger charge is 2.24. The number of phenolic OH excluding ortho intramolecular Hbond substituents is 1. The number of aromatic hydroxyl groups is 1. The zero-order chi connectivity index (χ0) is 14.2. The molecule has 120 valence electrons. The summed E-state index contributed by atoms with van der Waals surface area (Å²) in [6.45, 7) is 12.5. The van der Waals surface area contributed by atoms with Gasteiger partial charge in [-0.25, -0.2) is 0 Å². The van der Waals surface area contributed by atoms with Crippen LogP contribution in [0.25, 0.3) is 0 Å². The quantitative estimate of drug-likeness (QED) is 0.548. The Bertz CT molecular complexity index is 534. The standard InChI is InChI=1S/C16H24N2O.ClH.H2O/c1-10-8-13(16(3,4)5)15(19)11(2)12(10)9-14-17-6-7-18-14;;/h8,19H,6-7,9H2,1-5H3,(H,17,18);1H;1H2. The molecule has 0 unspecified atom stereocenters. The summed E-state index contributed by atoms with van der Waals surface area (Å²) in [5, 5.41) is 13.8. The molecule has 0 fully saturated rings. The van der Waals surface area contributed by atoms with Crippen LogP contribution in [0, 0.1) is 13.8 Å². The minimum absolute atomic E-state index is 0. The summed E-state index contributed by atoms with van der Waals surface area (Å²) < 4.78 is 0. The third kappa shape index (κ3) is 4.11. The summed E-state index contributed by atoms with van der Waals surface area (Å²) in [5.41, 5.74) is 4.48. The second-order valence-corrected chi connectivity index (χ2v) is 6.45. The van der Waals surface area contributed by atoms with E-state index in [0.717, 1.165) is 36.5 Å². The van der Waals surface area contributed by atoms with Gasteiger partial charge in [-0.15, -0.1) is 0 Å². The summed E-state index contributed by atoms with van der Waals surface area (Å²) in [7, 11) is 0. The number of amidine groups is 1. The molecule has 0 radical (unpaired) electrons. The van der Waals surface area contributed by atoms with Crippen LogP contribution in [0.4, 0.5) is 0 Å². The number of halogens is 1. The molecule has 1 aliphatic rings. The van der Waals surface area contributed by atoms with E-state index in [-0.39, 0.29) is 23.3 Å². The number of aryl methyl sites for hydroxylation is 1. The number of hydrogen-bond acceptors (Lipinski definition) is 2. The maximum Gasteiger partial charge on any atom is 0.247 e. The SMILES string of the molecule is Cc1cc(C(C)(C)C)c(O)c(C)c1CC1=[NH+]CCN1.O.[Cl-]. The summed E-state index contributed by atoms with van der Waals surface area (Å²) in [6, 6.07) is 2.13. The smallest absolute Gasteiger partial charge is 0.247 e. The first kappa shape index (κ1) is 19.7. The van der Waals surface area contributed by atoms with Crippen molar-refractivity contribution in [3.8, 4) is 5.75 Å². The second-order valence-electron chi connectivity index (χ2n) is 6.45. The van der Waals surface area contributed by atoms with Crippen molar-refractivity contribution in [2.75, 3.05) is 13.1 Å². The number of phenols is 1. The van der Waals surface area contributed by atoms with Crippen LogP contribution in [0.2, 0.25) is 0 Å². The molecule has 4 nitrogen and oxygen atoms in total. The molecule has 1 aromatic rings. The Kier molecular flexibility index (Phi) is 6.71. The second kappa shape index (κ2) is 7.14. The van der Waals surface area contributed by atoms with Gasteiger partial charge in [-0.1, -0.05) is 26.8 Å². The maximum atomic E-state index is 10.5. The fraction of sp³-hybridized carbons (Fsp3) is 0.562. The van der Waals surface area contributed by atoms with Gasteiger partial charge < -0.3 is 23.0 Å². The zero-order valence-electron chi connectivity index (χ0n) is 13.5. The highest BCUT2D eigenvalue weighted by molar-refractivity contribution is 5.81. The van der Waals surface area contributed by atoms with Gasteiger partial charge in [-0.3, -0.25) is 10.3 Å². The molecule has 1 heterocycles. The van der Waals surface area contributed by atoms with Gasteiger partial charge in [0.15, 0.2) is 0 Å². The average Bonchev–Trinajstić information content (AvgIpc) is 2.80. The van der Waals surface area contributed by atoms with E-state index in [4.69, 9.17) is 0 Å². The lowest BCUT2D eigenvalue weighted by Gasteiger charge is -2.24. The van der Waals surface area contributed by atoms with Crippen molar-refractivity contribution in [3.05, 3.63) is 28.3 Å². The average molecular weight is 315 g/mol. The van der Waals surface area contributed by atoms with E-state index >= 15 is 0 Å². The first-order valence-electron chi connectivity index (χ1n) is 6.97. The topological polar surface area (TPSA) is 77.7 Å². The van der Waals surface area contributed by atoms with E-state index < -0.39 is 0 Å². The van der Waals surface area contributed by atoms with Crippen LogP contribution in [-0.2, 0) is 11.8 Å². The van der Waals surface area contributed by atoms with Gasteiger partial charge in [0.25, 0.3) is 0 Å². The van der Waals surface area contributed by atoms with Crippen LogP contribution in [0.15, 0.2) is 6.07 Å². The molecule has 1 aromatic carbocycles. The predicted molar refractivity (Wildman–Crippen MR) is 82.4 cm³/mol. The van der Waals surface area contributed by atoms with Crippen LogP contribution in [0.1, 0.15) is 43.0 Å². The Morgan fingerprint density at radius 2 is 1.90 bits per heavy atom. The minimum Gasteiger partial charge on any atom is -1.00 e. The first-order valence-corrected chi connectivity index (χ1v) is 6.97. The third-order valence-corrected chi connectivity index (χ3v) is 3.86. The highest BCUT2D eigenvalue weighted by atomic mass is 35.5. The van der Waals surface area contributed by atoms with E-state index in [1.165, 1.54) is 11.1 Å². The van der Waals surface area contributed by atoms with Gasteiger partial charge in [-0.05, 0) is 41.5 Å². The van der Waals surface area contributed by atoms with Gasteiger partial charge in [0.2, 0.25) is 5.84 Å². The molecule has 0 amide bonds. The lowest BCUT2D eigenvalue weighted by Crippen LogP contribution is -3.00. The summed E-state index contributed by atoms with van der Waals surface area (Å²) in [6.07, 6.45) is 0.843. The number of benzene rings is 1. The van der Waals surface area contributed by atoms with Crippen molar-refractivity contribution in [1.82, 2.24) is 5.32 Å². The Morgan fingerprint density at radius 3 is 2.38 bits per heavy atom. The molecular formula is C16H27ClN2O2. The molecule has 0 saturated heterocycles. The van der Waals surface area contributed by atoms with Crippen LogP contribution in [0.5, 0.6) is 5.75 Å². The van der Waals surface area contributed by atoms with Crippen LogP contribution in [-0.4, -0.2) is 29.5 Å². The fourth-order valence-corrected chi connectivity index (χ4v) is 2.65. The Hall–Kier alpha value is -1.26. The van der Waals surface area contributed by atoms with Crippen LogP contribution >= 0.6 is 0 Å². The Morgan fingerprint density at radius 1 is 1.29 bits per heavy atom. The van der Waals surface area contributed by atoms with E-state index in [9.17, 15) is 5.11 Å². The van der Waals surface area contributed by atoms with Crippen molar-refractivity contribution in [1.29, 1.82) is 0 Å². The number of rotatable bonds is 2. The molecule has 0 bridgehead atoms. The molecule has 2 rings (SSSR count). The Labute approximate surface area is 133 Å². The molecule has 0 aromatic heterocycles. The van der Waals surface area contributed by atoms with Crippen molar-refractivity contribution >= 4 is 5.84 Å². The molecule has 5 heteroatoms. The van der Waals surface area contributed by atoms with Gasteiger partial charge in [0.05, 0.1) is 6.42 Å². The van der Waals surface area contributed by atoms with Gasteiger partial charge in [0, 0.05) is 0 Å². The molecule has 5 N–H and O–H groups in total. The zero-order valence-corrected chi connectivity index (χ0v) is 14.3. The monoisotopic (exact) mass is 314 g/mol. The normalized spacial score (nSPS) is 13.9. The van der Waals surface area contributed by atoms with Gasteiger partial charge >= 0.3 is 0 Å². The molecule has 0 atom stereocenters. The fourth-order valence-electron chi connectivity index (χ4n) is 2.65. The van der Waals surface area contributed by atoms with Crippen molar-refractivity contribution in [3.63, 3.8) is 0 Å². The van der Waals surface area contributed by atoms with Crippen molar-refractivity contribution in [2.45, 2.75) is 46.5 Å². The lowest BCUT2D eigenvalue weighted by molar-refractivity contribution is -0.445. The lowest BCUT2D eigenvalue weighted by atomic mass is 9.82. The van der Waals surface area contributed by atoms with E-state index in [1.54, 1.807) is 0 Å². The van der Waals surface area contributed by atoms with Gasteiger partial charge in [0.1, 0.15) is 18.8 Å². The Balaban J connectivity index is 0.00000200. The number of nitrogens with one attached hydrogen (secondary N) is 2. The molecule has 0 aliphatic carbocycles. The molecule has 0 spiro atoms. The van der Waals surface area contributed by atoms with Gasteiger partial charge in [-0.2, -0.15) is 0 Å². The van der Waals surface area contributed by atoms with E-state index in [0.29, 0.717) is 5.75 Å². The third-order valence-electron chi connectivity index (χ3n) is 3.86. The summed E-state index contributed by atoms with van der Waals surface area (Å²) in [4.78, 5) is 3.35. The molecular weight excluding hydrogens is 288 g/mol. The predicted octanol–water partition coefficient (Wildman–Crippen LogP) is -2.89. The van der Waals surface area contributed by atoms with Crippen molar-refractivity contribution < 1.29 is 28.0 Å². The first-order chi connectivity index (χ1) is 8.80. The molecule has 0 saturated carbocycles. The minimum atomic E-state index is -0.0326. The van der Waals surface area contributed by atoms with E-state index in [2.05, 4.69) is 44.1 Å². The molecule has 1 aliphatic heterocycles. The van der Waals surface area contributed by atoms with Crippen LogP contribution < -0.4 is 22.7 Å². The number of hydrogen-bond donors (Lipinski definition) is 3. The maximum absolute atomic E-state index is 10.5. The largest absolute Gasteiger partial charge is 1.00 e. The van der Waals surface area contributed by atoms with E-state index in [1.807, 2.05) is 6.92 Å². The van der Waals surface area contributed by atoms with Crippen molar-refractivity contribution in [2.24, 2.45) is 0 Å². The molecule has 21 heavy (non-hydrogen) atoms.